The molecule has 0 unspecified atom stereocenters. The highest BCUT2D eigenvalue weighted by Gasteiger charge is 2.08. The Morgan fingerprint density at radius 3 is 2.67 bits per heavy atom. The largest absolute Gasteiger partial charge is 0.325 e. The molecule has 0 atom stereocenters. The summed E-state index contributed by atoms with van der Waals surface area (Å²) in [5.74, 6) is -1.02. The molecule has 1 aromatic carbocycles. The molecule has 4 heteroatoms. The molecule has 0 saturated carbocycles. The number of Topliss-reactive ketones (excluding diaryl/α,β-unsaturated/α-hetero) is 1. The van der Waals surface area contributed by atoms with Crippen molar-refractivity contribution in [2.75, 3.05) is 5.32 Å². The smallest absolute Gasteiger partial charge is 0.231 e. The minimum atomic E-state index is -0.420. The van der Waals surface area contributed by atoms with Crippen LogP contribution < -0.4 is 5.32 Å². The molecular weight excluding hydrogens is 197 g/mol. The summed E-state index contributed by atoms with van der Waals surface area (Å²) in [6.45, 7) is 2.90. The van der Waals surface area contributed by atoms with E-state index in [1.54, 1.807) is 13.0 Å². The van der Waals surface area contributed by atoms with Crippen LogP contribution in [0.4, 0.5) is 10.1 Å². The van der Waals surface area contributed by atoms with Crippen LogP contribution in [0.15, 0.2) is 18.2 Å². The summed E-state index contributed by atoms with van der Waals surface area (Å²) in [6.07, 6.45) is -0.185. The van der Waals surface area contributed by atoms with E-state index < -0.39 is 5.91 Å². The summed E-state index contributed by atoms with van der Waals surface area (Å²) in [5.41, 5.74) is 0.774. The Morgan fingerprint density at radius 2 is 2.07 bits per heavy atom. The number of hydrogen-bond donors (Lipinski definition) is 1. The van der Waals surface area contributed by atoms with E-state index in [4.69, 9.17) is 0 Å². The molecule has 0 bridgehead atoms. The Labute approximate surface area is 87.3 Å². The van der Waals surface area contributed by atoms with Gasteiger partial charge in [0.2, 0.25) is 5.91 Å². The molecule has 0 aromatic heterocycles. The summed E-state index contributed by atoms with van der Waals surface area (Å²) in [4.78, 5) is 21.9. The number of halogens is 1. The van der Waals surface area contributed by atoms with Crippen LogP contribution in [-0.4, -0.2) is 11.7 Å². The highest BCUT2D eigenvalue weighted by atomic mass is 19.1. The predicted molar refractivity (Wildman–Crippen MR) is 55.1 cm³/mol. The molecule has 0 aliphatic carbocycles. The summed E-state index contributed by atoms with van der Waals surface area (Å²) in [5, 5.41) is 2.48. The summed E-state index contributed by atoms with van der Waals surface area (Å²) in [7, 11) is 0. The molecule has 0 saturated heterocycles. The SMILES string of the molecule is CC(=O)CC(=O)Nc1cccc(F)c1C. The van der Waals surface area contributed by atoms with Crippen LogP contribution in [0.5, 0.6) is 0 Å². The number of ketones is 1. The van der Waals surface area contributed by atoms with Crippen LogP contribution in [0.1, 0.15) is 18.9 Å². The zero-order valence-corrected chi connectivity index (χ0v) is 8.63. The van der Waals surface area contributed by atoms with E-state index in [2.05, 4.69) is 5.32 Å². The standard InChI is InChI=1S/C11H12FNO2/c1-7(14)6-11(15)13-10-5-3-4-9(12)8(10)2/h3-5H,6H2,1-2H3,(H,13,15). The average Bonchev–Trinajstić information content (AvgIpc) is 2.11. The zero-order chi connectivity index (χ0) is 11.4. The molecule has 1 N–H and O–H groups in total. The van der Waals surface area contributed by atoms with Gasteiger partial charge in [-0.15, -0.1) is 0 Å². The van der Waals surface area contributed by atoms with Gasteiger partial charge in [-0.05, 0) is 26.0 Å². The van der Waals surface area contributed by atoms with Crippen LogP contribution in [0.25, 0.3) is 0 Å². The normalized spacial score (nSPS) is 9.80. The lowest BCUT2D eigenvalue weighted by Crippen LogP contribution is -2.15. The first-order chi connectivity index (χ1) is 7.00. The molecule has 0 heterocycles. The van der Waals surface area contributed by atoms with E-state index in [1.807, 2.05) is 0 Å². The van der Waals surface area contributed by atoms with Gasteiger partial charge in [-0.3, -0.25) is 9.59 Å². The number of nitrogens with one attached hydrogen (secondary N) is 1. The molecule has 1 rings (SSSR count). The second-order valence-electron chi connectivity index (χ2n) is 3.34. The van der Waals surface area contributed by atoms with Gasteiger partial charge < -0.3 is 5.32 Å². The first-order valence-electron chi connectivity index (χ1n) is 4.55. The number of benzene rings is 1. The Bertz CT molecular complexity index is 402. The van der Waals surface area contributed by atoms with E-state index in [-0.39, 0.29) is 18.0 Å². The van der Waals surface area contributed by atoms with Crippen molar-refractivity contribution in [2.45, 2.75) is 20.3 Å². The molecule has 80 valence electrons. The molecule has 0 radical (unpaired) electrons. The first-order valence-corrected chi connectivity index (χ1v) is 4.55. The van der Waals surface area contributed by atoms with Crippen LogP contribution in [0, 0.1) is 12.7 Å². The summed E-state index contributed by atoms with van der Waals surface area (Å²) >= 11 is 0. The minimum Gasteiger partial charge on any atom is -0.325 e. The second kappa shape index (κ2) is 4.68. The third kappa shape index (κ3) is 3.16. The summed E-state index contributed by atoms with van der Waals surface area (Å²) < 4.78 is 13.1. The van der Waals surface area contributed by atoms with Crippen molar-refractivity contribution < 1.29 is 14.0 Å². The van der Waals surface area contributed by atoms with Gasteiger partial charge in [-0.1, -0.05) is 6.07 Å². The maximum atomic E-state index is 13.1. The Morgan fingerprint density at radius 1 is 1.40 bits per heavy atom. The van der Waals surface area contributed by atoms with Gasteiger partial charge >= 0.3 is 0 Å². The van der Waals surface area contributed by atoms with E-state index in [0.717, 1.165) is 0 Å². The number of hydrogen-bond acceptors (Lipinski definition) is 2. The maximum Gasteiger partial charge on any atom is 0.231 e. The van der Waals surface area contributed by atoms with Crippen LogP contribution in [0.3, 0.4) is 0 Å². The van der Waals surface area contributed by atoms with E-state index in [9.17, 15) is 14.0 Å². The highest BCUT2D eigenvalue weighted by Crippen LogP contribution is 2.17. The van der Waals surface area contributed by atoms with Gasteiger partial charge in [-0.25, -0.2) is 4.39 Å². The van der Waals surface area contributed by atoms with Crippen molar-refractivity contribution in [2.24, 2.45) is 0 Å². The third-order valence-electron chi connectivity index (χ3n) is 1.95. The summed E-state index contributed by atoms with van der Waals surface area (Å²) in [6, 6.07) is 4.41. The zero-order valence-electron chi connectivity index (χ0n) is 8.63. The molecule has 1 aromatic rings. The van der Waals surface area contributed by atoms with Gasteiger partial charge in [0.25, 0.3) is 0 Å². The monoisotopic (exact) mass is 209 g/mol. The highest BCUT2D eigenvalue weighted by molar-refractivity contribution is 6.03. The van der Waals surface area contributed by atoms with Crippen LogP contribution >= 0.6 is 0 Å². The van der Waals surface area contributed by atoms with E-state index in [1.165, 1.54) is 19.1 Å². The number of amides is 1. The lowest BCUT2D eigenvalue weighted by atomic mass is 10.2. The Balaban J connectivity index is 2.77. The molecule has 0 aliphatic rings. The molecule has 3 nitrogen and oxygen atoms in total. The fraction of sp³-hybridized carbons (Fsp3) is 0.273. The fourth-order valence-electron chi connectivity index (χ4n) is 1.16. The van der Waals surface area contributed by atoms with Gasteiger partial charge in [-0.2, -0.15) is 0 Å². The van der Waals surface area contributed by atoms with Crippen molar-refractivity contribution in [1.82, 2.24) is 0 Å². The fourth-order valence-corrected chi connectivity index (χ4v) is 1.16. The average molecular weight is 209 g/mol. The molecule has 0 spiro atoms. The van der Waals surface area contributed by atoms with Crippen molar-refractivity contribution in [3.05, 3.63) is 29.6 Å². The Kier molecular flexibility index (Phi) is 3.55. The molecule has 0 fully saturated rings. The number of carbonyl (C=O) groups excluding carboxylic acids is 2. The molecule has 0 aliphatic heterocycles. The van der Waals surface area contributed by atoms with Gasteiger partial charge in [0, 0.05) is 11.3 Å². The van der Waals surface area contributed by atoms with Crippen molar-refractivity contribution in [3.63, 3.8) is 0 Å². The molecule has 1 amide bonds. The van der Waals surface area contributed by atoms with Crippen LogP contribution in [-0.2, 0) is 9.59 Å². The molecule has 15 heavy (non-hydrogen) atoms. The van der Waals surface area contributed by atoms with Crippen molar-refractivity contribution in [1.29, 1.82) is 0 Å². The second-order valence-corrected chi connectivity index (χ2v) is 3.34. The minimum absolute atomic E-state index is 0.185. The number of carbonyl (C=O) groups is 2. The maximum absolute atomic E-state index is 13.1. The van der Waals surface area contributed by atoms with E-state index in [0.29, 0.717) is 11.3 Å². The lowest BCUT2D eigenvalue weighted by molar-refractivity contribution is -0.124. The van der Waals surface area contributed by atoms with E-state index >= 15 is 0 Å². The molecular formula is C11H12FNO2. The lowest BCUT2D eigenvalue weighted by Gasteiger charge is -2.07. The first kappa shape index (κ1) is 11.4. The number of rotatable bonds is 3. The van der Waals surface area contributed by atoms with Gasteiger partial charge in [0.15, 0.2) is 0 Å². The quantitative estimate of drug-likeness (QED) is 0.774. The Hall–Kier alpha value is -1.71. The number of anilines is 1. The van der Waals surface area contributed by atoms with Gasteiger partial charge in [0.05, 0.1) is 6.42 Å². The topological polar surface area (TPSA) is 46.2 Å². The van der Waals surface area contributed by atoms with Crippen molar-refractivity contribution >= 4 is 17.4 Å². The van der Waals surface area contributed by atoms with Crippen molar-refractivity contribution in [3.8, 4) is 0 Å². The predicted octanol–water partition coefficient (Wildman–Crippen LogP) is 2.05. The van der Waals surface area contributed by atoms with Crippen LogP contribution in [0.2, 0.25) is 0 Å². The third-order valence-corrected chi connectivity index (χ3v) is 1.95. The van der Waals surface area contributed by atoms with Gasteiger partial charge in [0.1, 0.15) is 11.6 Å².